The minimum absolute atomic E-state index is 0.191. The van der Waals surface area contributed by atoms with E-state index in [1.807, 2.05) is 30.3 Å². The highest BCUT2D eigenvalue weighted by molar-refractivity contribution is 7.07. The maximum Gasteiger partial charge on any atom is 0.338 e. The Labute approximate surface area is 192 Å². The minimum atomic E-state index is -0.759. The lowest BCUT2D eigenvalue weighted by Gasteiger charge is -2.24. The van der Waals surface area contributed by atoms with Crippen LogP contribution in [-0.2, 0) is 9.53 Å². The first-order valence-electron chi connectivity index (χ1n) is 10.5. The number of hydrogen-bond donors (Lipinski definition) is 1. The highest BCUT2D eigenvalue weighted by Crippen LogP contribution is 2.30. The summed E-state index contributed by atoms with van der Waals surface area (Å²) in [5, 5.41) is 1.04. The van der Waals surface area contributed by atoms with Crippen LogP contribution in [0.1, 0.15) is 31.1 Å². The Morgan fingerprint density at radius 1 is 1.24 bits per heavy atom. The summed E-state index contributed by atoms with van der Waals surface area (Å²) in [6.45, 7) is 3.63. The number of allylic oxidation sites excluding steroid dienone is 1. The van der Waals surface area contributed by atoms with Crippen molar-refractivity contribution in [2.45, 2.75) is 19.9 Å². The zero-order valence-electron chi connectivity index (χ0n) is 18.0. The number of para-hydroxylation sites is 1. The maximum atomic E-state index is 13.6. The summed E-state index contributed by atoms with van der Waals surface area (Å²) in [7, 11) is 0. The fourth-order valence-electron chi connectivity index (χ4n) is 4.07. The lowest BCUT2D eigenvalue weighted by molar-refractivity contribution is -0.139. The van der Waals surface area contributed by atoms with Crippen molar-refractivity contribution in [3.63, 3.8) is 0 Å². The van der Waals surface area contributed by atoms with Crippen LogP contribution < -0.4 is 14.9 Å². The number of nitrogens with zero attached hydrogens (tertiary/aromatic N) is 2. The largest absolute Gasteiger partial charge is 0.463 e. The molecule has 0 unspecified atom stereocenters. The van der Waals surface area contributed by atoms with E-state index in [2.05, 4.69) is 9.98 Å². The van der Waals surface area contributed by atoms with E-state index in [4.69, 9.17) is 4.74 Å². The molecule has 1 aliphatic heterocycles. The van der Waals surface area contributed by atoms with Crippen LogP contribution in [0.15, 0.2) is 75.7 Å². The van der Waals surface area contributed by atoms with Gasteiger partial charge >= 0.3 is 5.97 Å². The molecule has 2 aromatic heterocycles. The number of hydrogen-bond acceptors (Lipinski definition) is 5. The Morgan fingerprint density at radius 2 is 2.00 bits per heavy atom. The number of halogens is 1. The predicted molar refractivity (Wildman–Crippen MR) is 125 cm³/mol. The second kappa shape index (κ2) is 8.29. The summed E-state index contributed by atoms with van der Waals surface area (Å²) in [6.07, 6.45) is 1.79. The van der Waals surface area contributed by atoms with Gasteiger partial charge in [-0.2, -0.15) is 0 Å². The Morgan fingerprint density at radius 3 is 2.73 bits per heavy atom. The van der Waals surface area contributed by atoms with Gasteiger partial charge in [-0.15, -0.1) is 0 Å². The van der Waals surface area contributed by atoms with Gasteiger partial charge < -0.3 is 9.72 Å². The van der Waals surface area contributed by atoms with E-state index >= 15 is 0 Å². The molecule has 5 rings (SSSR count). The Balaban J connectivity index is 1.72. The number of ether oxygens (including phenoxy) is 1. The average Bonchev–Trinajstić information content (AvgIpc) is 3.34. The van der Waals surface area contributed by atoms with Crippen molar-refractivity contribution in [2.24, 2.45) is 4.99 Å². The molecular formula is C25H20FN3O3S. The number of benzene rings is 2. The highest BCUT2D eigenvalue weighted by atomic mass is 32.1. The number of esters is 1. The normalized spacial score (nSPS) is 16.1. The van der Waals surface area contributed by atoms with E-state index in [0.29, 0.717) is 20.6 Å². The van der Waals surface area contributed by atoms with Crippen molar-refractivity contribution in [1.29, 1.82) is 0 Å². The SMILES string of the molecule is CCOC(=O)C1=C(C)N=c2s/c(=C/c3cc4ccccc4[nH]3)c(=O)n2[C@H]1c1ccc(F)cc1. The van der Waals surface area contributed by atoms with Gasteiger partial charge in [-0.25, -0.2) is 14.2 Å². The quantitative estimate of drug-likeness (QED) is 0.473. The maximum absolute atomic E-state index is 13.6. The lowest BCUT2D eigenvalue weighted by Crippen LogP contribution is -2.39. The van der Waals surface area contributed by atoms with Crippen LogP contribution in [0.4, 0.5) is 4.39 Å². The molecule has 0 saturated heterocycles. The van der Waals surface area contributed by atoms with Gasteiger partial charge in [0.1, 0.15) is 5.82 Å². The molecule has 0 aliphatic carbocycles. The molecule has 1 atom stereocenters. The number of H-pyrrole nitrogens is 1. The van der Waals surface area contributed by atoms with Gasteiger partial charge in [0.05, 0.1) is 28.5 Å². The van der Waals surface area contributed by atoms with Crippen LogP contribution in [0.2, 0.25) is 0 Å². The van der Waals surface area contributed by atoms with Gasteiger partial charge in [0.15, 0.2) is 4.80 Å². The van der Waals surface area contributed by atoms with E-state index in [0.717, 1.165) is 16.6 Å². The Bertz CT molecular complexity index is 1560. The predicted octanol–water partition coefficient (Wildman–Crippen LogP) is 3.42. The van der Waals surface area contributed by atoms with E-state index in [1.54, 1.807) is 32.1 Å². The van der Waals surface area contributed by atoms with E-state index in [9.17, 15) is 14.0 Å². The van der Waals surface area contributed by atoms with Crippen LogP contribution in [0.5, 0.6) is 0 Å². The number of aromatic amines is 1. The molecule has 166 valence electrons. The first kappa shape index (κ1) is 21.1. The molecule has 6 nitrogen and oxygen atoms in total. The van der Waals surface area contributed by atoms with Crippen molar-refractivity contribution in [3.8, 4) is 0 Å². The first-order chi connectivity index (χ1) is 16.0. The van der Waals surface area contributed by atoms with Crippen LogP contribution in [-0.4, -0.2) is 22.1 Å². The molecule has 0 spiro atoms. The van der Waals surface area contributed by atoms with Crippen molar-refractivity contribution in [2.75, 3.05) is 6.61 Å². The molecule has 0 radical (unpaired) electrons. The molecule has 0 fully saturated rings. The number of nitrogens with one attached hydrogen (secondary N) is 1. The summed E-state index contributed by atoms with van der Waals surface area (Å²) in [4.78, 5) is 34.7. The van der Waals surface area contributed by atoms with Crippen LogP contribution in [0.25, 0.3) is 17.0 Å². The zero-order valence-corrected chi connectivity index (χ0v) is 18.8. The fourth-order valence-corrected chi connectivity index (χ4v) is 5.10. The molecule has 3 heterocycles. The van der Waals surface area contributed by atoms with E-state index in [-0.39, 0.29) is 17.7 Å². The molecule has 1 aliphatic rings. The average molecular weight is 462 g/mol. The van der Waals surface area contributed by atoms with Gasteiger partial charge in [-0.1, -0.05) is 41.7 Å². The van der Waals surface area contributed by atoms with Gasteiger partial charge in [0.25, 0.3) is 5.56 Å². The topological polar surface area (TPSA) is 76.4 Å². The first-order valence-corrected chi connectivity index (χ1v) is 11.3. The molecule has 0 bridgehead atoms. The third-order valence-corrected chi connectivity index (χ3v) is 6.52. The Hall–Kier alpha value is -3.78. The monoisotopic (exact) mass is 461 g/mol. The van der Waals surface area contributed by atoms with Crippen molar-refractivity contribution >= 4 is 34.3 Å². The Kier molecular flexibility index (Phi) is 5.30. The van der Waals surface area contributed by atoms with Crippen molar-refractivity contribution < 1.29 is 13.9 Å². The summed E-state index contributed by atoms with van der Waals surface area (Å²) in [6, 6.07) is 14.9. The highest BCUT2D eigenvalue weighted by Gasteiger charge is 2.33. The van der Waals surface area contributed by atoms with Crippen LogP contribution in [0, 0.1) is 5.82 Å². The summed E-state index contributed by atoms with van der Waals surface area (Å²) in [5.74, 6) is -0.943. The number of carbonyl (C=O) groups is 1. The van der Waals surface area contributed by atoms with Crippen molar-refractivity contribution in [1.82, 2.24) is 9.55 Å². The fraction of sp³-hybridized carbons (Fsp3) is 0.160. The minimum Gasteiger partial charge on any atom is -0.463 e. The smallest absolute Gasteiger partial charge is 0.338 e. The molecule has 1 N–H and O–H groups in total. The van der Waals surface area contributed by atoms with E-state index < -0.39 is 17.8 Å². The third kappa shape index (κ3) is 3.72. The lowest BCUT2D eigenvalue weighted by atomic mass is 9.96. The second-order valence-corrected chi connectivity index (χ2v) is 8.67. The van der Waals surface area contributed by atoms with Crippen molar-refractivity contribution in [3.05, 3.63) is 103 Å². The molecule has 4 aromatic rings. The summed E-state index contributed by atoms with van der Waals surface area (Å²) >= 11 is 1.25. The zero-order chi connectivity index (χ0) is 23.1. The number of aromatic nitrogens is 2. The number of fused-ring (bicyclic) bond motifs is 2. The van der Waals surface area contributed by atoms with Gasteiger partial charge in [0.2, 0.25) is 0 Å². The van der Waals surface area contributed by atoms with Gasteiger partial charge in [-0.05, 0) is 55.1 Å². The van der Waals surface area contributed by atoms with E-state index in [1.165, 1.54) is 28.0 Å². The number of thiazole rings is 1. The third-order valence-electron chi connectivity index (χ3n) is 5.54. The molecule has 2 aromatic carbocycles. The molecular weight excluding hydrogens is 441 g/mol. The molecule has 0 saturated carbocycles. The molecule has 0 amide bonds. The summed E-state index contributed by atoms with van der Waals surface area (Å²) < 4.78 is 20.9. The van der Waals surface area contributed by atoms with Crippen LogP contribution >= 0.6 is 11.3 Å². The van der Waals surface area contributed by atoms with Gasteiger partial charge in [0, 0.05) is 11.2 Å². The standard InChI is InChI=1S/C25H20FN3O3S/c1-3-32-24(31)21-14(2)27-25-29(22(21)15-8-10-17(26)11-9-15)23(30)20(33-25)13-18-12-16-6-4-5-7-19(16)28-18/h4-13,22,28H,3H2,1-2H3/b20-13+/t22-/m0/s1. The van der Waals surface area contributed by atoms with Gasteiger partial charge in [-0.3, -0.25) is 9.36 Å². The summed E-state index contributed by atoms with van der Waals surface area (Å²) in [5.41, 5.74) is 2.84. The number of rotatable bonds is 4. The number of carbonyl (C=O) groups excluding carboxylic acids is 1. The van der Waals surface area contributed by atoms with Crippen LogP contribution in [0.3, 0.4) is 0 Å². The molecule has 8 heteroatoms. The molecule has 33 heavy (non-hydrogen) atoms. The second-order valence-electron chi connectivity index (χ2n) is 7.67.